The molecule has 4 rings (SSSR count). The summed E-state index contributed by atoms with van der Waals surface area (Å²) >= 11 is 1.38. The van der Waals surface area contributed by atoms with Crippen molar-refractivity contribution in [2.75, 3.05) is 13.1 Å². The molecule has 1 fully saturated rings. The van der Waals surface area contributed by atoms with Gasteiger partial charge in [0.1, 0.15) is 10.7 Å². The number of hydrogen-bond acceptors (Lipinski definition) is 5. The normalized spacial score (nSPS) is 18.0. The molecule has 124 valence electrons. The molecule has 0 unspecified atom stereocenters. The van der Waals surface area contributed by atoms with Gasteiger partial charge in [0.2, 0.25) is 0 Å². The third-order valence-electron chi connectivity index (χ3n) is 4.39. The van der Waals surface area contributed by atoms with E-state index in [-0.39, 0.29) is 5.91 Å². The van der Waals surface area contributed by atoms with Gasteiger partial charge in [0.15, 0.2) is 10.8 Å². The van der Waals surface area contributed by atoms with Crippen LogP contribution in [0, 0.1) is 6.92 Å². The van der Waals surface area contributed by atoms with Crippen LogP contribution in [0.4, 0.5) is 0 Å². The van der Waals surface area contributed by atoms with Gasteiger partial charge in [0, 0.05) is 25.5 Å². The number of carbonyl (C=O) groups is 1. The first-order valence-corrected chi connectivity index (χ1v) is 8.82. The van der Waals surface area contributed by atoms with Gasteiger partial charge < -0.3 is 13.9 Å². The lowest BCUT2D eigenvalue weighted by Gasteiger charge is -2.33. The van der Waals surface area contributed by atoms with Crippen LogP contribution in [-0.4, -0.2) is 38.4 Å². The van der Waals surface area contributed by atoms with E-state index in [0.717, 1.165) is 30.2 Å². The summed E-state index contributed by atoms with van der Waals surface area (Å²) < 4.78 is 7.52. The second-order valence-electron chi connectivity index (χ2n) is 5.94. The molecular formula is C17H18N4O2S. The number of amides is 1. The number of aryl methyl sites for hydroxylation is 1. The number of carbonyl (C=O) groups excluding carboxylic acids is 1. The molecule has 0 bridgehead atoms. The van der Waals surface area contributed by atoms with Crippen LogP contribution >= 0.6 is 11.3 Å². The highest BCUT2D eigenvalue weighted by molar-refractivity contribution is 7.16. The Hall–Kier alpha value is -2.41. The third-order valence-corrected chi connectivity index (χ3v) is 5.39. The van der Waals surface area contributed by atoms with Crippen molar-refractivity contribution in [3.63, 3.8) is 0 Å². The summed E-state index contributed by atoms with van der Waals surface area (Å²) in [6.07, 6.45) is 9.14. The number of aromatic nitrogens is 3. The first kappa shape index (κ1) is 15.1. The number of nitrogens with zero attached hydrogens (tertiary/aromatic N) is 4. The molecule has 0 spiro atoms. The Morgan fingerprint density at radius 1 is 1.42 bits per heavy atom. The minimum absolute atomic E-state index is 0.0489. The van der Waals surface area contributed by atoms with Crippen molar-refractivity contribution in [2.24, 2.45) is 0 Å². The average molecular weight is 342 g/mol. The number of furan rings is 1. The highest BCUT2D eigenvalue weighted by atomic mass is 32.1. The van der Waals surface area contributed by atoms with Gasteiger partial charge >= 0.3 is 0 Å². The molecule has 0 N–H and O–H groups in total. The minimum Gasteiger partial charge on any atom is -0.462 e. The van der Waals surface area contributed by atoms with E-state index in [1.165, 1.54) is 11.3 Å². The van der Waals surface area contributed by atoms with Gasteiger partial charge in [-0.05, 0) is 31.9 Å². The van der Waals surface area contributed by atoms with Gasteiger partial charge in [-0.2, -0.15) is 0 Å². The van der Waals surface area contributed by atoms with Gasteiger partial charge in [0.25, 0.3) is 5.91 Å². The van der Waals surface area contributed by atoms with Gasteiger partial charge in [0.05, 0.1) is 18.5 Å². The zero-order valence-corrected chi connectivity index (χ0v) is 14.2. The van der Waals surface area contributed by atoms with Gasteiger partial charge in [-0.3, -0.25) is 4.79 Å². The lowest BCUT2D eigenvalue weighted by Crippen LogP contribution is -2.40. The number of likely N-dealkylation sites (tertiary alicyclic amines) is 1. The minimum atomic E-state index is 0.0489. The van der Waals surface area contributed by atoms with Crippen LogP contribution in [0.15, 0.2) is 41.4 Å². The third kappa shape index (κ3) is 2.75. The van der Waals surface area contributed by atoms with E-state index in [4.69, 9.17) is 4.42 Å². The molecule has 24 heavy (non-hydrogen) atoms. The molecule has 6 nitrogen and oxygen atoms in total. The first-order chi connectivity index (χ1) is 11.7. The van der Waals surface area contributed by atoms with Crippen LogP contribution in [0.3, 0.4) is 0 Å². The second kappa shape index (κ2) is 6.24. The van der Waals surface area contributed by atoms with Gasteiger partial charge in [-0.25, -0.2) is 9.97 Å². The predicted octanol–water partition coefficient (Wildman–Crippen LogP) is 3.39. The maximum absolute atomic E-state index is 12.8. The standard InChI is InChI=1S/C17H18N4O2S/c1-12-18-6-8-21(12)13-4-2-7-20(11-13)17(22)15-10-19-16(24-15)14-5-3-9-23-14/h3,5-6,8-10,13H,2,4,7,11H2,1H3/t13-/m1/s1. The SMILES string of the molecule is Cc1nccn1[C@@H]1CCCN(C(=O)c2cnc(-c3ccco3)s2)C1. The number of imidazole rings is 1. The quantitative estimate of drug-likeness (QED) is 0.732. The van der Waals surface area contributed by atoms with Crippen LogP contribution < -0.4 is 0 Å². The van der Waals surface area contributed by atoms with Crippen molar-refractivity contribution in [3.05, 3.63) is 47.7 Å². The fraction of sp³-hybridized carbons (Fsp3) is 0.353. The topological polar surface area (TPSA) is 64.2 Å². The largest absolute Gasteiger partial charge is 0.462 e. The van der Waals surface area contributed by atoms with Crippen LogP contribution in [0.2, 0.25) is 0 Å². The summed E-state index contributed by atoms with van der Waals surface area (Å²) in [6, 6.07) is 3.97. The van der Waals surface area contributed by atoms with Crippen molar-refractivity contribution in [1.29, 1.82) is 0 Å². The van der Waals surface area contributed by atoms with E-state index in [2.05, 4.69) is 14.5 Å². The van der Waals surface area contributed by atoms with Crippen LogP contribution in [0.5, 0.6) is 0 Å². The number of rotatable bonds is 3. The molecule has 1 aliphatic rings. The van der Waals surface area contributed by atoms with E-state index in [9.17, 15) is 4.79 Å². The maximum Gasteiger partial charge on any atom is 0.265 e. The highest BCUT2D eigenvalue weighted by Crippen LogP contribution is 2.28. The van der Waals surface area contributed by atoms with Crippen LogP contribution in [0.1, 0.15) is 34.4 Å². The summed E-state index contributed by atoms with van der Waals surface area (Å²) in [7, 11) is 0. The van der Waals surface area contributed by atoms with Crippen LogP contribution in [0.25, 0.3) is 10.8 Å². The van der Waals surface area contributed by atoms with E-state index < -0.39 is 0 Å². The highest BCUT2D eigenvalue weighted by Gasteiger charge is 2.27. The van der Waals surface area contributed by atoms with Gasteiger partial charge in [-0.15, -0.1) is 11.3 Å². The zero-order chi connectivity index (χ0) is 16.5. The van der Waals surface area contributed by atoms with Crippen molar-refractivity contribution in [3.8, 4) is 10.8 Å². The lowest BCUT2D eigenvalue weighted by atomic mass is 10.1. The molecule has 1 amide bonds. The van der Waals surface area contributed by atoms with E-state index in [0.29, 0.717) is 23.2 Å². The monoisotopic (exact) mass is 342 g/mol. The summed E-state index contributed by atoms with van der Waals surface area (Å²) in [4.78, 5) is 24.0. The summed E-state index contributed by atoms with van der Waals surface area (Å²) in [5.41, 5.74) is 0. The fourth-order valence-corrected chi connectivity index (χ4v) is 4.04. The molecule has 1 saturated heterocycles. The van der Waals surface area contributed by atoms with E-state index in [1.807, 2.05) is 36.4 Å². The average Bonchev–Trinajstić information content (AvgIpc) is 3.35. The molecule has 1 aliphatic heterocycles. The first-order valence-electron chi connectivity index (χ1n) is 8.01. The maximum atomic E-state index is 12.8. The Balaban J connectivity index is 1.51. The van der Waals surface area contributed by atoms with E-state index >= 15 is 0 Å². The molecule has 0 radical (unpaired) electrons. The Morgan fingerprint density at radius 2 is 2.33 bits per heavy atom. The molecule has 4 heterocycles. The lowest BCUT2D eigenvalue weighted by molar-refractivity contribution is 0.0683. The number of piperidine rings is 1. The molecule has 3 aromatic rings. The molecule has 0 saturated carbocycles. The predicted molar refractivity (Wildman–Crippen MR) is 91.0 cm³/mol. The second-order valence-corrected chi connectivity index (χ2v) is 6.97. The Labute approximate surface area is 143 Å². The molecular weight excluding hydrogens is 324 g/mol. The van der Waals surface area contributed by atoms with Crippen molar-refractivity contribution in [2.45, 2.75) is 25.8 Å². The Bertz CT molecular complexity index is 837. The van der Waals surface area contributed by atoms with Crippen molar-refractivity contribution < 1.29 is 9.21 Å². The zero-order valence-electron chi connectivity index (χ0n) is 13.4. The van der Waals surface area contributed by atoms with Crippen molar-refractivity contribution in [1.82, 2.24) is 19.4 Å². The van der Waals surface area contributed by atoms with Crippen molar-refractivity contribution >= 4 is 17.2 Å². The molecule has 7 heteroatoms. The van der Waals surface area contributed by atoms with Crippen LogP contribution in [-0.2, 0) is 0 Å². The molecule has 0 aliphatic carbocycles. The smallest absolute Gasteiger partial charge is 0.265 e. The molecule has 3 aromatic heterocycles. The summed E-state index contributed by atoms with van der Waals surface area (Å²) in [6.45, 7) is 3.50. The fourth-order valence-electron chi connectivity index (χ4n) is 3.18. The Kier molecular flexibility index (Phi) is 3.93. The number of hydrogen-bond donors (Lipinski definition) is 0. The van der Waals surface area contributed by atoms with E-state index in [1.54, 1.807) is 12.5 Å². The summed E-state index contributed by atoms with van der Waals surface area (Å²) in [5.74, 6) is 1.74. The molecule has 1 atom stereocenters. The molecule has 0 aromatic carbocycles. The van der Waals surface area contributed by atoms with Gasteiger partial charge in [-0.1, -0.05) is 0 Å². The summed E-state index contributed by atoms with van der Waals surface area (Å²) in [5, 5.41) is 0.738. The number of thiazole rings is 1. The Morgan fingerprint density at radius 3 is 3.08 bits per heavy atom.